The van der Waals surface area contributed by atoms with Crippen molar-refractivity contribution in [3.8, 4) is 0 Å². The van der Waals surface area contributed by atoms with Crippen molar-refractivity contribution < 1.29 is 9.72 Å². The zero-order chi connectivity index (χ0) is 17.1. The summed E-state index contributed by atoms with van der Waals surface area (Å²) in [5, 5.41) is 23.2. The minimum atomic E-state index is -0.652. The summed E-state index contributed by atoms with van der Waals surface area (Å²) in [4.78, 5) is 21.9. The number of H-pyrrole nitrogens is 1. The molecule has 0 bridgehead atoms. The Morgan fingerprint density at radius 3 is 2.88 bits per heavy atom. The zero-order valence-corrected chi connectivity index (χ0v) is 12.8. The molecule has 0 saturated carbocycles. The largest absolute Gasteiger partial charge is 0.358 e. The maximum Gasteiger partial charge on any atom is 0.343 e. The van der Waals surface area contributed by atoms with E-state index in [2.05, 4.69) is 20.6 Å². The van der Waals surface area contributed by atoms with E-state index in [4.69, 9.17) is 0 Å². The van der Waals surface area contributed by atoms with Crippen molar-refractivity contribution in [2.75, 3.05) is 5.32 Å². The summed E-state index contributed by atoms with van der Waals surface area (Å²) in [6, 6.07) is 10.7. The highest BCUT2D eigenvalue weighted by molar-refractivity contribution is 6.02. The monoisotopic (exact) mass is 326 g/mol. The first-order chi connectivity index (χ1) is 11.5. The fraction of sp³-hybridized carbons (Fsp3) is 0.133. The van der Waals surface area contributed by atoms with E-state index in [0.717, 1.165) is 17.2 Å². The molecule has 0 spiro atoms. The highest BCUT2D eigenvalue weighted by atomic mass is 16.6. The van der Waals surface area contributed by atoms with Gasteiger partial charge in [0.2, 0.25) is 0 Å². The van der Waals surface area contributed by atoms with Gasteiger partial charge in [-0.15, -0.1) is 5.10 Å². The van der Waals surface area contributed by atoms with Crippen molar-refractivity contribution >= 4 is 17.5 Å². The lowest BCUT2D eigenvalue weighted by Gasteiger charge is -2.05. The van der Waals surface area contributed by atoms with E-state index in [0.29, 0.717) is 12.4 Å². The smallest absolute Gasteiger partial charge is 0.343 e. The molecule has 1 amide bonds. The molecule has 0 unspecified atom stereocenters. The minimum Gasteiger partial charge on any atom is -0.358 e. The van der Waals surface area contributed by atoms with Crippen molar-refractivity contribution in [3.05, 3.63) is 69.5 Å². The lowest BCUT2D eigenvalue weighted by molar-refractivity contribution is -0.389. The number of benzene rings is 1. The van der Waals surface area contributed by atoms with Crippen LogP contribution in [0.1, 0.15) is 21.6 Å². The molecule has 2 N–H and O–H groups in total. The lowest BCUT2D eigenvalue weighted by atomic mass is 10.1. The van der Waals surface area contributed by atoms with Crippen LogP contribution in [-0.4, -0.2) is 30.8 Å². The van der Waals surface area contributed by atoms with Crippen LogP contribution in [0.2, 0.25) is 0 Å². The average Bonchev–Trinajstić information content (AvgIpc) is 3.19. The predicted octanol–water partition coefficient (Wildman–Crippen LogP) is 2.12. The Morgan fingerprint density at radius 2 is 2.17 bits per heavy atom. The number of aromatic nitrogens is 4. The van der Waals surface area contributed by atoms with Crippen molar-refractivity contribution in [3.63, 3.8) is 0 Å². The Labute approximate surface area is 136 Å². The first-order valence-electron chi connectivity index (χ1n) is 7.12. The molecule has 2 aromatic heterocycles. The molecule has 3 aromatic rings. The molecule has 0 atom stereocenters. The molecular weight excluding hydrogens is 312 g/mol. The summed E-state index contributed by atoms with van der Waals surface area (Å²) in [6.07, 6.45) is 1.75. The standard InChI is InChI=1S/C15H14N6O3/c1-10-4-2-3-5-11(10)9-20-7-6-13(19-20)16-15(22)12-8-14(18-17-12)21(23)24/h2-8H,9H2,1H3,(H,17,18)(H,16,19,22). The summed E-state index contributed by atoms with van der Waals surface area (Å²) in [5.41, 5.74) is 2.21. The Balaban J connectivity index is 1.68. The zero-order valence-electron chi connectivity index (χ0n) is 12.8. The van der Waals surface area contributed by atoms with Gasteiger partial charge in [0.05, 0.1) is 12.6 Å². The van der Waals surface area contributed by atoms with Gasteiger partial charge in [-0.05, 0) is 23.0 Å². The third-order valence-electron chi connectivity index (χ3n) is 3.47. The molecule has 0 saturated heterocycles. The molecule has 3 rings (SSSR count). The normalized spacial score (nSPS) is 10.5. The maximum absolute atomic E-state index is 12.0. The number of amides is 1. The molecule has 0 aliphatic heterocycles. The number of aryl methyl sites for hydroxylation is 1. The lowest BCUT2D eigenvalue weighted by Crippen LogP contribution is -2.13. The molecule has 0 radical (unpaired) electrons. The summed E-state index contributed by atoms with van der Waals surface area (Å²) < 4.78 is 1.70. The number of anilines is 1. The molecule has 0 aliphatic carbocycles. The highest BCUT2D eigenvalue weighted by Crippen LogP contribution is 2.12. The first-order valence-corrected chi connectivity index (χ1v) is 7.12. The van der Waals surface area contributed by atoms with Crippen LogP contribution in [0.25, 0.3) is 0 Å². The van der Waals surface area contributed by atoms with Crippen LogP contribution in [0, 0.1) is 17.0 Å². The summed E-state index contributed by atoms with van der Waals surface area (Å²) >= 11 is 0. The van der Waals surface area contributed by atoms with Crippen LogP contribution < -0.4 is 5.32 Å². The van der Waals surface area contributed by atoms with Crippen molar-refractivity contribution in [1.29, 1.82) is 0 Å². The van der Waals surface area contributed by atoms with Crippen LogP contribution in [0.3, 0.4) is 0 Å². The maximum atomic E-state index is 12.0. The van der Waals surface area contributed by atoms with Gasteiger partial charge in [-0.2, -0.15) is 5.10 Å². The summed E-state index contributed by atoms with van der Waals surface area (Å²) in [5.74, 6) is -0.565. The third-order valence-corrected chi connectivity index (χ3v) is 3.47. The van der Waals surface area contributed by atoms with Crippen molar-refractivity contribution in [1.82, 2.24) is 20.0 Å². The van der Waals surface area contributed by atoms with Gasteiger partial charge < -0.3 is 15.4 Å². The van der Waals surface area contributed by atoms with Crippen molar-refractivity contribution in [2.45, 2.75) is 13.5 Å². The molecule has 9 heteroatoms. The Bertz CT molecular complexity index is 898. The Kier molecular flexibility index (Phi) is 4.06. The van der Waals surface area contributed by atoms with Gasteiger partial charge in [0.15, 0.2) is 11.5 Å². The third kappa shape index (κ3) is 3.29. The fourth-order valence-corrected chi connectivity index (χ4v) is 2.18. The van der Waals surface area contributed by atoms with Gasteiger partial charge in [0, 0.05) is 12.3 Å². The molecule has 0 fully saturated rings. The molecule has 2 heterocycles. The van der Waals surface area contributed by atoms with Gasteiger partial charge in [-0.1, -0.05) is 29.4 Å². The van der Waals surface area contributed by atoms with E-state index in [1.165, 1.54) is 0 Å². The van der Waals surface area contributed by atoms with Gasteiger partial charge in [-0.3, -0.25) is 9.48 Å². The van der Waals surface area contributed by atoms with Crippen LogP contribution >= 0.6 is 0 Å². The molecule has 122 valence electrons. The van der Waals surface area contributed by atoms with E-state index in [-0.39, 0.29) is 11.5 Å². The number of nitro groups is 1. The molecular formula is C15H14N6O3. The molecule has 0 aliphatic rings. The number of hydrogen-bond acceptors (Lipinski definition) is 5. The first kappa shape index (κ1) is 15.4. The Morgan fingerprint density at radius 1 is 1.38 bits per heavy atom. The average molecular weight is 326 g/mol. The second-order valence-electron chi connectivity index (χ2n) is 5.17. The fourth-order valence-electron chi connectivity index (χ4n) is 2.18. The van der Waals surface area contributed by atoms with E-state index < -0.39 is 10.8 Å². The number of carbonyl (C=O) groups is 1. The predicted molar refractivity (Wildman–Crippen MR) is 85.7 cm³/mol. The number of nitrogens with zero attached hydrogens (tertiary/aromatic N) is 4. The second kappa shape index (κ2) is 6.32. The summed E-state index contributed by atoms with van der Waals surface area (Å²) in [6.45, 7) is 2.60. The van der Waals surface area contributed by atoms with Crippen LogP contribution in [0.4, 0.5) is 11.6 Å². The number of rotatable bonds is 5. The SMILES string of the molecule is Cc1ccccc1Cn1ccc(NC(=O)c2cc([N+](=O)[O-])[nH]n2)n1. The molecule has 9 nitrogen and oxygen atoms in total. The molecule has 1 aromatic carbocycles. The van der Waals surface area contributed by atoms with E-state index in [1.54, 1.807) is 16.9 Å². The van der Waals surface area contributed by atoms with Crippen molar-refractivity contribution in [2.24, 2.45) is 0 Å². The van der Waals surface area contributed by atoms with Crippen LogP contribution in [0.15, 0.2) is 42.6 Å². The topological polar surface area (TPSA) is 119 Å². The number of aromatic amines is 1. The highest BCUT2D eigenvalue weighted by Gasteiger charge is 2.17. The van der Waals surface area contributed by atoms with Crippen LogP contribution in [-0.2, 0) is 6.54 Å². The van der Waals surface area contributed by atoms with Gasteiger partial charge in [0.1, 0.15) is 0 Å². The van der Waals surface area contributed by atoms with E-state index in [9.17, 15) is 14.9 Å². The summed E-state index contributed by atoms with van der Waals surface area (Å²) in [7, 11) is 0. The number of carbonyl (C=O) groups excluding carboxylic acids is 1. The Hall–Kier alpha value is -3.49. The van der Waals surface area contributed by atoms with E-state index >= 15 is 0 Å². The number of hydrogen-bond donors (Lipinski definition) is 2. The number of nitrogens with one attached hydrogen (secondary N) is 2. The van der Waals surface area contributed by atoms with Crippen LogP contribution in [0.5, 0.6) is 0 Å². The van der Waals surface area contributed by atoms with Gasteiger partial charge in [-0.25, -0.2) is 0 Å². The van der Waals surface area contributed by atoms with Gasteiger partial charge >= 0.3 is 5.82 Å². The second-order valence-corrected chi connectivity index (χ2v) is 5.17. The van der Waals surface area contributed by atoms with Gasteiger partial charge in [0.25, 0.3) is 5.91 Å². The quantitative estimate of drug-likeness (QED) is 0.550. The van der Waals surface area contributed by atoms with E-state index in [1.807, 2.05) is 31.2 Å². The minimum absolute atomic E-state index is 0.0739. The molecule has 24 heavy (non-hydrogen) atoms.